The molecule has 1 aromatic heterocycles. The fraction of sp³-hybridized carbons (Fsp3) is 0.214. The van der Waals surface area contributed by atoms with Crippen molar-refractivity contribution in [2.45, 2.75) is 19.9 Å². The van der Waals surface area contributed by atoms with Crippen LogP contribution in [0.1, 0.15) is 24.2 Å². The van der Waals surface area contributed by atoms with Crippen molar-refractivity contribution in [3.63, 3.8) is 0 Å². The maximum atomic E-state index is 12.0. The number of carbonyl (C=O) groups is 1. The highest BCUT2D eigenvalue weighted by atomic mass is 79.9. The van der Waals surface area contributed by atoms with Gasteiger partial charge in [-0.3, -0.25) is 4.79 Å². The molecule has 0 bridgehead atoms. The molecule has 1 heterocycles. The molecule has 104 valence electrons. The highest BCUT2D eigenvalue weighted by Crippen LogP contribution is 2.12. The number of benzene rings is 1. The van der Waals surface area contributed by atoms with E-state index in [1.54, 1.807) is 24.3 Å². The molecule has 2 N–H and O–H groups in total. The fourth-order valence-electron chi connectivity index (χ4n) is 1.56. The molecule has 0 saturated heterocycles. The van der Waals surface area contributed by atoms with E-state index in [0.29, 0.717) is 17.2 Å². The van der Waals surface area contributed by atoms with Crippen LogP contribution < -0.4 is 10.6 Å². The second-order valence-electron chi connectivity index (χ2n) is 4.56. The van der Waals surface area contributed by atoms with Crippen molar-refractivity contribution in [3.8, 4) is 0 Å². The van der Waals surface area contributed by atoms with E-state index in [1.165, 1.54) is 0 Å². The molecule has 0 aliphatic carbocycles. The molecule has 0 aliphatic rings. The van der Waals surface area contributed by atoms with Crippen LogP contribution in [0.3, 0.4) is 0 Å². The van der Waals surface area contributed by atoms with Gasteiger partial charge in [0.05, 0.1) is 0 Å². The van der Waals surface area contributed by atoms with Crippen LogP contribution in [0.4, 0.5) is 11.6 Å². The van der Waals surface area contributed by atoms with Crippen LogP contribution in [0.25, 0.3) is 0 Å². The monoisotopic (exact) mass is 334 g/mol. The van der Waals surface area contributed by atoms with E-state index < -0.39 is 0 Å². The number of anilines is 2. The highest BCUT2D eigenvalue weighted by Gasteiger charge is 2.07. The van der Waals surface area contributed by atoms with Crippen LogP contribution in [0.2, 0.25) is 0 Å². The highest BCUT2D eigenvalue weighted by molar-refractivity contribution is 9.10. The zero-order chi connectivity index (χ0) is 14.5. The van der Waals surface area contributed by atoms with Crippen molar-refractivity contribution in [3.05, 3.63) is 46.4 Å². The summed E-state index contributed by atoms with van der Waals surface area (Å²) in [7, 11) is 0. The Balaban J connectivity index is 2.02. The van der Waals surface area contributed by atoms with Gasteiger partial charge in [-0.25, -0.2) is 0 Å². The van der Waals surface area contributed by atoms with Crippen molar-refractivity contribution < 1.29 is 4.79 Å². The summed E-state index contributed by atoms with van der Waals surface area (Å²) in [6.45, 7) is 4.04. The lowest BCUT2D eigenvalue weighted by Crippen LogP contribution is -2.15. The van der Waals surface area contributed by atoms with Crippen molar-refractivity contribution in [1.82, 2.24) is 10.2 Å². The first-order chi connectivity index (χ1) is 9.54. The normalized spacial score (nSPS) is 10.4. The minimum atomic E-state index is -0.212. The summed E-state index contributed by atoms with van der Waals surface area (Å²) in [6, 6.07) is 10.9. The smallest absolute Gasteiger partial charge is 0.256 e. The lowest BCUT2D eigenvalue weighted by molar-refractivity contribution is 0.102. The van der Waals surface area contributed by atoms with E-state index in [2.05, 4.69) is 36.8 Å². The van der Waals surface area contributed by atoms with Crippen LogP contribution in [0, 0.1) is 0 Å². The molecule has 0 atom stereocenters. The third kappa shape index (κ3) is 4.03. The van der Waals surface area contributed by atoms with E-state index in [-0.39, 0.29) is 11.9 Å². The van der Waals surface area contributed by atoms with Crippen molar-refractivity contribution >= 4 is 33.5 Å². The van der Waals surface area contributed by atoms with E-state index in [4.69, 9.17) is 0 Å². The maximum Gasteiger partial charge on any atom is 0.256 e. The molecule has 2 aromatic rings. The van der Waals surface area contributed by atoms with Gasteiger partial charge < -0.3 is 10.6 Å². The van der Waals surface area contributed by atoms with E-state index in [9.17, 15) is 4.79 Å². The molecule has 20 heavy (non-hydrogen) atoms. The van der Waals surface area contributed by atoms with Gasteiger partial charge >= 0.3 is 0 Å². The quantitative estimate of drug-likeness (QED) is 0.900. The molecule has 0 fully saturated rings. The summed E-state index contributed by atoms with van der Waals surface area (Å²) in [6.07, 6.45) is 0. The first kappa shape index (κ1) is 14.5. The number of amides is 1. The third-order valence-electron chi connectivity index (χ3n) is 2.45. The molecule has 1 amide bonds. The Labute approximate surface area is 125 Å². The SMILES string of the molecule is CC(C)Nc1ccc(NC(=O)c2ccc(Br)cc2)nn1. The average molecular weight is 335 g/mol. The molecular weight excluding hydrogens is 320 g/mol. The van der Waals surface area contributed by atoms with Gasteiger partial charge in [-0.2, -0.15) is 0 Å². The number of nitrogens with zero attached hydrogens (tertiary/aromatic N) is 2. The van der Waals surface area contributed by atoms with Crippen LogP contribution in [0.15, 0.2) is 40.9 Å². The Morgan fingerprint density at radius 3 is 2.20 bits per heavy atom. The Kier molecular flexibility index (Phi) is 4.68. The predicted molar refractivity (Wildman–Crippen MR) is 82.9 cm³/mol. The maximum absolute atomic E-state index is 12.0. The number of halogens is 1. The lowest BCUT2D eigenvalue weighted by Gasteiger charge is -2.08. The van der Waals surface area contributed by atoms with Crippen molar-refractivity contribution in [2.75, 3.05) is 10.6 Å². The van der Waals surface area contributed by atoms with E-state index >= 15 is 0 Å². The standard InChI is InChI=1S/C14H15BrN4O/c1-9(2)16-12-7-8-13(19-18-12)17-14(20)10-3-5-11(15)6-4-10/h3-9H,1-2H3,(H,16,18)(H,17,19,20). The van der Waals surface area contributed by atoms with Crippen LogP contribution >= 0.6 is 15.9 Å². The Hall–Kier alpha value is -1.95. The Morgan fingerprint density at radius 2 is 1.65 bits per heavy atom. The van der Waals surface area contributed by atoms with Crippen LogP contribution in [-0.4, -0.2) is 22.1 Å². The molecule has 6 heteroatoms. The number of carbonyl (C=O) groups excluding carboxylic acids is 1. The van der Waals surface area contributed by atoms with Gasteiger partial charge in [-0.15, -0.1) is 10.2 Å². The van der Waals surface area contributed by atoms with Gasteiger partial charge in [0.25, 0.3) is 5.91 Å². The molecule has 1 aromatic carbocycles. The topological polar surface area (TPSA) is 66.9 Å². The Bertz CT molecular complexity index is 581. The van der Waals surface area contributed by atoms with Crippen molar-refractivity contribution in [2.24, 2.45) is 0 Å². The molecule has 0 radical (unpaired) electrons. The zero-order valence-corrected chi connectivity index (χ0v) is 12.8. The summed E-state index contributed by atoms with van der Waals surface area (Å²) < 4.78 is 0.929. The number of aromatic nitrogens is 2. The molecule has 2 rings (SSSR count). The van der Waals surface area contributed by atoms with Gasteiger partial charge in [-0.05, 0) is 50.2 Å². The summed E-state index contributed by atoms with van der Waals surface area (Å²) >= 11 is 3.33. The number of hydrogen-bond donors (Lipinski definition) is 2. The van der Waals surface area contributed by atoms with Crippen LogP contribution in [0.5, 0.6) is 0 Å². The van der Waals surface area contributed by atoms with Crippen LogP contribution in [-0.2, 0) is 0 Å². The van der Waals surface area contributed by atoms with E-state index in [1.807, 2.05) is 26.0 Å². The van der Waals surface area contributed by atoms with Gasteiger partial charge in [0.1, 0.15) is 5.82 Å². The minimum absolute atomic E-state index is 0.212. The number of nitrogens with one attached hydrogen (secondary N) is 2. The Morgan fingerprint density at radius 1 is 1.05 bits per heavy atom. The third-order valence-corrected chi connectivity index (χ3v) is 2.98. The number of hydrogen-bond acceptors (Lipinski definition) is 4. The summed E-state index contributed by atoms with van der Waals surface area (Å²) in [5.74, 6) is 0.894. The molecule has 0 aliphatic heterocycles. The van der Waals surface area contributed by atoms with Crippen molar-refractivity contribution in [1.29, 1.82) is 0 Å². The molecule has 0 spiro atoms. The fourth-order valence-corrected chi connectivity index (χ4v) is 1.83. The second kappa shape index (κ2) is 6.47. The second-order valence-corrected chi connectivity index (χ2v) is 5.48. The largest absolute Gasteiger partial charge is 0.366 e. The summed E-state index contributed by atoms with van der Waals surface area (Å²) in [5, 5.41) is 13.8. The average Bonchev–Trinajstić information content (AvgIpc) is 2.41. The predicted octanol–water partition coefficient (Wildman–Crippen LogP) is 3.31. The molecule has 0 saturated carbocycles. The minimum Gasteiger partial charge on any atom is -0.366 e. The number of rotatable bonds is 4. The summed E-state index contributed by atoms with van der Waals surface area (Å²) in [4.78, 5) is 12.0. The molecular formula is C14H15BrN4O. The lowest BCUT2D eigenvalue weighted by atomic mass is 10.2. The molecule has 5 nitrogen and oxygen atoms in total. The first-order valence-electron chi connectivity index (χ1n) is 6.22. The summed E-state index contributed by atoms with van der Waals surface area (Å²) in [5.41, 5.74) is 0.569. The van der Waals surface area contributed by atoms with Gasteiger partial charge in [0.15, 0.2) is 5.82 Å². The first-order valence-corrected chi connectivity index (χ1v) is 7.01. The zero-order valence-electron chi connectivity index (χ0n) is 11.2. The van der Waals surface area contributed by atoms with Gasteiger partial charge in [-0.1, -0.05) is 15.9 Å². The van der Waals surface area contributed by atoms with Gasteiger partial charge in [0, 0.05) is 16.1 Å². The molecule has 0 unspecified atom stereocenters. The van der Waals surface area contributed by atoms with E-state index in [0.717, 1.165) is 4.47 Å². The van der Waals surface area contributed by atoms with Gasteiger partial charge in [0.2, 0.25) is 0 Å².